The molecule has 8 heteroatoms. The van der Waals surface area contributed by atoms with Crippen LogP contribution in [0.1, 0.15) is 51.0 Å². The first-order valence-electron chi connectivity index (χ1n) is 10.1. The molecule has 0 bridgehead atoms. The fourth-order valence-corrected chi connectivity index (χ4v) is 4.10. The molecule has 3 heterocycles. The van der Waals surface area contributed by atoms with Crippen molar-refractivity contribution in [3.05, 3.63) is 64.0 Å². The predicted octanol–water partition coefficient (Wildman–Crippen LogP) is 4.35. The Morgan fingerprint density at radius 2 is 1.93 bits per heavy atom. The van der Waals surface area contributed by atoms with Crippen molar-refractivity contribution in [2.45, 2.75) is 52.5 Å². The topological polar surface area (TPSA) is 89.6 Å². The number of nitrogens with one attached hydrogen (secondary N) is 1. The van der Waals surface area contributed by atoms with Gasteiger partial charge in [-0.2, -0.15) is 5.10 Å². The number of aromatic nitrogens is 5. The smallest absolute Gasteiger partial charge is 0.252 e. The SMILES string of the molecule is CCn1ncc2c(F)cc(-c3ccc(C(CC)(CC)c4nnc(C)o4)c(=O)[nH]3)cc21. The van der Waals surface area contributed by atoms with E-state index >= 15 is 0 Å². The van der Waals surface area contributed by atoms with Crippen molar-refractivity contribution >= 4 is 10.9 Å². The molecular weight excluding hydrogens is 385 g/mol. The van der Waals surface area contributed by atoms with Gasteiger partial charge in [0.1, 0.15) is 5.82 Å². The second-order valence-corrected chi connectivity index (χ2v) is 7.38. The summed E-state index contributed by atoms with van der Waals surface area (Å²) in [6, 6.07) is 6.84. The number of aromatic amines is 1. The lowest BCUT2D eigenvalue weighted by atomic mass is 9.76. The molecule has 0 amide bonds. The number of pyridine rings is 1. The first kappa shape index (κ1) is 20.0. The van der Waals surface area contributed by atoms with Crippen LogP contribution in [0.2, 0.25) is 0 Å². The Hall–Kier alpha value is -3.29. The highest BCUT2D eigenvalue weighted by Gasteiger charge is 2.38. The molecule has 0 atom stereocenters. The molecule has 4 rings (SSSR count). The fraction of sp³-hybridized carbons (Fsp3) is 0.364. The molecule has 0 radical (unpaired) electrons. The lowest BCUT2D eigenvalue weighted by molar-refractivity contribution is 0.339. The summed E-state index contributed by atoms with van der Waals surface area (Å²) in [5.41, 5.74) is 1.44. The highest BCUT2D eigenvalue weighted by Crippen LogP contribution is 2.36. The van der Waals surface area contributed by atoms with Gasteiger partial charge in [-0.3, -0.25) is 9.48 Å². The van der Waals surface area contributed by atoms with E-state index < -0.39 is 5.41 Å². The van der Waals surface area contributed by atoms with Gasteiger partial charge in [0.05, 0.1) is 22.5 Å². The van der Waals surface area contributed by atoms with E-state index in [0.29, 0.717) is 58.9 Å². The van der Waals surface area contributed by atoms with Gasteiger partial charge in [0.25, 0.3) is 5.56 Å². The number of halogens is 1. The van der Waals surface area contributed by atoms with Crippen LogP contribution in [-0.2, 0) is 12.0 Å². The van der Waals surface area contributed by atoms with Crippen molar-refractivity contribution < 1.29 is 8.81 Å². The third kappa shape index (κ3) is 3.03. The van der Waals surface area contributed by atoms with Crippen molar-refractivity contribution in [1.82, 2.24) is 25.0 Å². The van der Waals surface area contributed by atoms with Gasteiger partial charge in [-0.05, 0) is 38.0 Å². The van der Waals surface area contributed by atoms with E-state index in [2.05, 4.69) is 20.3 Å². The summed E-state index contributed by atoms with van der Waals surface area (Å²) in [4.78, 5) is 16.0. The molecule has 156 valence electrons. The third-order valence-electron chi connectivity index (χ3n) is 5.89. The Labute approximate surface area is 173 Å². The van der Waals surface area contributed by atoms with E-state index in [-0.39, 0.29) is 11.4 Å². The molecule has 0 aliphatic carbocycles. The molecule has 7 nitrogen and oxygen atoms in total. The van der Waals surface area contributed by atoms with Crippen molar-refractivity contribution in [1.29, 1.82) is 0 Å². The summed E-state index contributed by atoms with van der Waals surface area (Å²) in [7, 11) is 0. The largest absolute Gasteiger partial charge is 0.425 e. The fourth-order valence-electron chi connectivity index (χ4n) is 4.10. The van der Waals surface area contributed by atoms with Gasteiger partial charge >= 0.3 is 0 Å². The molecule has 1 aromatic carbocycles. The molecular formula is C22H24FN5O2. The van der Waals surface area contributed by atoms with E-state index in [1.807, 2.05) is 26.8 Å². The Morgan fingerprint density at radius 3 is 2.53 bits per heavy atom. The van der Waals surface area contributed by atoms with Crippen molar-refractivity contribution in [3.63, 3.8) is 0 Å². The summed E-state index contributed by atoms with van der Waals surface area (Å²) < 4.78 is 22.0. The van der Waals surface area contributed by atoms with Crippen molar-refractivity contribution in [2.75, 3.05) is 0 Å². The van der Waals surface area contributed by atoms with E-state index in [1.54, 1.807) is 23.7 Å². The summed E-state index contributed by atoms with van der Waals surface area (Å²) in [6.45, 7) is 8.28. The van der Waals surface area contributed by atoms with Crippen LogP contribution >= 0.6 is 0 Å². The molecule has 30 heavy (non-hydrogen) atoms. The molecule has 1 N–H and O–H groups in total. The van der Waals surface area contributed by atoms with Crippen LogP contribution < -0.4 is 5.56 Å². The summed E-state index contributed by atoms with van der Waals surface area (Å²) in [5, 5.41) is 12.8. The zero-order valence-electron chi connectivity index (χ0n) is 17.5. The number of rotatable bonds is 6. The number of nitrogens with zero attached hydrogens (tertiary/aromatic N) is 4. The standard InChI is InChI=1S/C22H24FN5O2/c1-5-22(6-2,21-27-26-13(4)30-21)16-8-9-18(25-20(16)29)14-10-17(23)15-12-24-28(7-3)19(15)11-14/h8-12H,5-7H2,1-4H3,(H,25,29). The van der Waals surface area contributed by atoms with Crippen LogP contribution in [0.3, 0.4) is 0 Å². The normalized spacial score (nSPS) is 12.0. The minimum Gasteiger partial charge on any atom is -0.425 e. The number of aryl methyl sites for hydroxylation is 2. The van der Waals surface area contributed by atoms with Crippen LogP contribution in [0.25, 0.3) is 22.2 Å². The Bertz CT molecular complexity index is 1270. The van der Waals surface area contributed by atoms with Crippen LogP contribution in [0.4, 0.5) is 4.39 Å². The summed E-state index contributed by atoms with van der Waals surface area (Å²) in [6.07, 6.45) is 2.78. The maximum atomic E-state index is 14.6. The van der Waals surface area contributed by atoms with Gasteiger partial charge in [-0.25, -0.2) is 4.39 Å². The monoisotopic (exact) mass is 409 g/mol. The Balaban J connectivity index is 1.84. The maximum absolute atomic E-state index is 14.6. The average molecular weight is 409 g/mol. The van der Waals surface area contributed by atoms with Gasteiger partial charge in [-0.15, -0.1) is 10.2 Å². The summed E-state index contributed by atoms with van der Waals surface area (Å²) in [5.74, 6) is 0.521. The van der Waals surface area contributed by atoms with Crippen LogP contribution in [0, 0.1) is 12.7 Å². The van der Waals surface area contributed by atoms with Gasteiger partial charge in [0.15, 0.2) is 0 Å². The lowest BCUT2D eigenvalue weighted by Crippen LogP contribution is -2.33. The van der Waals surface area contributed by atoms with Gasteiger partial charge < -0.3 is 9.40 Å². The predicted molar refractivity (Wildman–Crippen MR) is 112 cm³/mol. The second kappa shape index (κ2) is 7.51. The van der Waals surface area contributed by atoms with E-state index in [9.17, 15) is 9.18 Å². The third-order valence-corrected chi connectivity index (χ3v) is 5.89. The van der Waals surface area contributed by atoms with E-state index in [4.69, 9.17) is 4.42 Å². The molecule has 0 aliphatic heterocycles. The van der Waals surface area contributed by atoms with Gasteiger partial charge in [0.2, 0.25) is 11.8 Å². The number of fused-ring (bicyclic) bond motifs is 1. The van der Waals surface area contributed by atoms with Crippen molar-refractivity contribution in [3.8, 4) is 11.3 Å². The second-order valence-electron chi connectivity index (χ2n) is 7.38. The number of H-pyrrole nitrogens is 1. The molecule has 0 aliphatic rings. The Morgan fingerprint density at radius 1 is 1.17 bits per heavy atom. The van der Waals surface area contributed by atoms with Crippen LogP contribution in [0.5, 0.6) is 0 Å². The molecule has 0 saturated carbocycles. The first-order valence-corrected chi connectivity index (χ1v) is 10.1. The number of benzene rings is 1. The average Bonchev–Trinajstić information content (AvgIpc) is 3.37. The minimum atomic E-state index is -0.677. The zero-order chi connectivity index (χ0) is 21.5. The molecule has 0 saturated heterocycles. The highest BCUT2D eigenvalue weighted by atomic mass is 19.1. The highest BCUT2D eigenvalue weighted by molar-refractivity contribution is 5.84. The number of hydrogen-bond donors (Lipinski definition) is 1. The Kier molecular flexibility index (Phi) is 5.01. The van der Waals surface area contributed by atoms with E-state index in [1.165, 1.54) is 12.3 Å². The molecule has 0 fully saturated rings. The summed E-state index contributed by atoms with van der Waals surface area (Å²) >= 11 is 0. The lowest BCUT2D eigenvalue weighted by Gasteiger charge is -2.27. The minimum absolute atomic E-state index is 0.253. The van der Waals surface area contributed by atoms with E-state index in [0.717, 1.165) is 0 Å². The quantitative estimate of drug-likeness (QED) is 0.511. The zero-order valence-corrected chi connectivity index (χ0v) is 17.5. The van der Waals surface area contributed by atoms with Crippen LogP contribution in [-0.4, -0.2) is 25.0 Å². The van der Waals surface area contributed by atoms with Crippen molar-refractivity contribution in [2.24, 2.45) is 0 Å². The first-order chi connectivity index (χ1) is 14.4. The van der Waals surface area contributed by atoms with Gasteiger partial charge in [-0.1, -0.05) is 19.9 Å². The van der Waals surface area contributed by atoms with Gasteiger partial charge in [0, 0.05) is 30.3 Å². The molecule has 3 aromatic heterocycles. The number of hydrogen-bond acceptors (Lipinski definition) is 5. The van der Waals surface area contributed by atoms with Crippen LogP contribution in [0.15, 0.2) is 39.7 Å². The maximum Gasteiger partial charge on any atom is 0.252 e. The molecule has 4 aromatic rings. The molecule has 0 spiro atoms. The molecule has 0 unspecified atom stereocenters.